The average molecular weight is 282 g/mol. The molecule has 6 heteroatoms. The molecule has 0 bridgehead atoms. The Labute approximate surface area is 114 Å². The summed E-state index contributed by atoms with van der Waals surface area (Å²) >= 11 is 11.9. The summed E-state index contributed by atoms with van der Waals surface area (Å²) in [7, 11) is 0. The molecule has 0 aliphatic heterocycles. The number of hydrogen-bond acceptors (Lipinski definition) is 3. The second-order valence-corrected chi connectivity index (χ2v) is 4.39. The van der Waals surface area contributed by atoms with Gasteiger partial charge in [0.2, 0.25) is 0 Å². The van der Waals surface area contributed by atoms with E-state index >= 15 is 0 Å². The van der Waals surface area contributed by atoms with E-state index in [-0.39, 0.29) is 5.91 Å². The molecule has 0 radical (unpaired) electrons. The number of halogens is 2. The van der Waals surface area contributed by atoms with Crippen molar-refractivity contribution < 1.29 is 4.79 Å². The van der Waals surface area contributed by atoms with Crippen molar-refractivity contribution in [1.29, 1.82) is 0 Å². The van der Waals surface area contributed by atoms with E-state index in [0.29, 0.717) is 22.2 Å². The standard InChI is InChI=1S/C12H9Cl2N3O/c13-10-1-2-11(14)9(5-10)6-15-12(18)8-3-4-16-17-7-8/h1-5,7H,6H2,(H,15,18). The third-order valence-corrected chi connectivity index (χ3v) is 2.90. The summed E-state index contributed by atoms with van der Waals surface area (Å²) in [5, 5.41) is 11.1. The van der Waals surface area contributed by atoms with Crippen LogP contribution in [0.3, 0.4) is 0 Å². The van der Waals surface area contributed by atoms with Gasteiger partial charge in [0.1, 0.15) is 0 Å². The summed E-state index contributed by atoms with van der Waals surface area (Å²) in [6.07, 6.45) is 2.86. The molecule has 2 rings (SSSR count). The van der Waals surface area contributed by atoms with Gasteiger partial charge in [-0.3, -0.25) is 4.79 Å². The number of amides is 1. The van der Waals surface area contributed by atoms with Crippen LogP contribution >= 0.6 is 23.2 Å². The maximum Gasteiger partial charge on any atom is 0.253 e. The van der Waals surface area contributed by atoms with Crippen LogP contribution in [0.2, 0.25) is 10.0 Å². The van der Waals surface area contributed by atoms with Crippen molar-refractivity contribution in [1.82, 2.24) is 15.5 Å². The molecular weight excluding hydrogens is 273 g/mol. The molecule has 0 spiro atoms. The van der Waals surface area contributed by atoms with E-state index in [1.807, 2.05) is 0 Å². The molecule has 0 aliphatic carbocycles. The first-order valence-electron chi connectivity index (χ1n) is 5.15. The molecule has 0 saturated carbocycles. The van der Waals surface area contributed by atoms with E-state index < -0.39 is 0 Å². The van der Waals surface area contributed by atoms with Crippen molar-refractivity contribution in [2.45, 2.75) is 6.54 Å². The lowest BCUT2D eigenvalue weighted by Gasteiger charge is -2.07. The predicted octanol–water partition coefficient (Wildman–Crippen LogP) is 2.71. The van der Waals surface area contributed by atoms with Gasteiger partial charge >= 0.3 is 0 Å². The molecule has 4 nitrogen and oxygen atoms in total. The molecule has 1 N–H and O–H groups in total. The van der Waals surface area contributed by atoms with Crippen LogP contribution in [-0.4, -0.2) is 16.1 Å². The predicted molar refractivity (Wildman–Crippen MR) is 69.7 cm³/mol. The van der Waals surface area contributed by atoms with Crippen LogP contribution < -0.4 is 5.32 Å². The first-order valence-corrected chi connectivity index (χ1v) is 5.91. The maximum atomic E-state index is 11.8. The Morgan fingerprint density at radius 3 is 2.78 bits per heavy atom. The highest BCUT2D eigenvalue weighted by Gasteiger charge is 2.07. The first kappa shape index (κ1) is 12.8. The summed E-state index contributed by atoms with van der Waals surface area (Å²) in [6.45, 7) is 0.306. The summed E-state index contributed by atoms with van der Waals surface area (Å²) in [5.74, 6) is -0.235. The molecule has 0 atom stereocenters. The Hall–Kier alpha value is -1.65. The van der Waals surface area contributed by atoms with Crippen LogP contribution in [0, 0.1) is 0 Å². The lowest BCUT2D eigenvalue weighted by molar-refractivity contribution is 0.0950. The monoisotopic (exact) mass is 281 g/mol. The first-order chi connectivity index (χ1) is 8.66. The zero-order valence-corrected chi connectivity index (χ0v) is 10.7. The fourth-order valence-corrected chi connectivity index (χ4v) is 1.76. The largest absolute Gasteiger partial charge is 0.348 e. The van der Waals surface area contributed by atoms with Gasteiger partial charge in [-0.25, -0.2) is 0 Å². The van der Waals surface area contributed by atoms with Crippen molar-refractivity contribution in [3.63, 3.8) is 0 Å². The van der Waals surface area contributed by atoms with E-state index in [4.69, 9.17) is 23.2 Å². The van der Waals surface area contributed by atoms with E-state index in [9.17, 15) is 4.79 Å². The topological polar surface area (TPSA) is 54.9 Å². The van der Waals surface area contributed by atoms with E-state index in [0.717, 1.165) is 5.56 Å². The summed E-state index contributed by atoms with van der Waals surface area (Å²) in [6, 6.07) is 6.69. The highest BCUT2D eigenvalue weighted by Crippen LogP contribution is 2.20. The van der Waals surface area contributed by atoms with Gasteiger partial charge in [-0.05, 0) is 29.8 Å². The van der Waals surface area contributed by atoms with Crippen LogP contribution in [0.1, 0.15) is 15.9 Å². The van der Waals surface area contributed by atoms with Gasteiger partial charge in [-0.1, -0.05) is 23.2 Å². The van der Waals surface area contributed by atoms with E-state index in [1.165, 1.54) is 12.4 Å². The van der Waals surface area contributed by atoms with Gasteiger partial charge in [0.25, 0.3) is 5.91 Å². The van der Waals surface area contributed by atoms with Crippen LogP contribution in [0.25, 0.3) is 0 Å². The number of hydrogen-bond donors (Lipinski definition) is 1. The van der Waals surface area contributed by atoms with Crippen molar-refractivity contribution in [2.24, 2.45) is 0 Å². The van der Waals surface area contributed by atoms with Gasteiger partial charge < -0.3 is 5.32 Å². The Kier molecular flexibility index (Phi) is 4.12. The molecule has 0 aliphatic rings. The number of rotatable bonds is 3. The number of nitrogens with one attached hydrogen (secondary N) is 1. The third kappa shape index (κ3) is 3.18. The average Bonchev–Trinajstić information content (AvgIpc) is 2.40. The van der Waals surface area contributed by atoms with Crippen molar-refractivity contribution in [3.8, 4) is 0 Å². The number of carbonyl (C=O) groups excluding carboxylic acids is 1. The SMILES string of the molecule is O=C(NCc1cc(Cl)ccc1Cl)c1ccnnc1. The Morgan fingerprint density at radius 2 is 2.06 bits per heavy atom. The molecule has 0 fully saturated rings. The summed E-state index contributed by atoms with van der Waals surface area (Å²) < 4.78 is 0. The molecular formula is C12H9Cl2N3O. The molecule has 0 saturated heterocycles. The Balaban J connectivity index is 2.04. The second-order valence-electron chi connectivity index (χ2n) is 3.55. The lowest BCUT2D eigenvalue weighted by atomic mass is 10.2. The van der Waals surface area contributed by atoms with E-state index in [2.05, 4.69) is 15.5 Å². The molecule has 18 heavy (non-hydrogen) atoms. The summed E-state index contributed by atoms with van der Waals surface area (Å²) in [4.78, 5) is 11.8. The zero-order valence-electron chi connectivity index (χ0n) is 9.23. The lowest BCUT2D eigenvalue weighted by Crippen LogP contribution is -2.23. The number of nitrogens with zero attached hydrogens (tertiary/aromatic N) is 2. The number of aromatic nitrogens is 2. The molecule has 1 aromatic heterocycles. The smallest absolute Gasteiger partial charge is 0.253 e. The molecule has 1 heterocycles. The Morgan fingerprint density at radius 1 is 1.22 bits per heavy atom. The molecule has 1 aromatic carbocycles. The highest BCUT2D eigenvalue weighted by molar-refractivity contribution is 6.33. The molecule has 92 valence electrons. The second kappa shape index (κ2) is 5.80. The van der Waals surface area contributed by atoms with Crippen molar-refractivity contribution in [3.05, 3.63) is 57.8 Å². The van der Waals surface area contributed by atoms with Crippen molar-refractivity contribution in [2.75, 3.05) is 0 Å². The fourth-order valence-electron chi connectivity index (χ4n) is 1.38. The minimum atomic E-state index is -0.235. The van der Waals surface area contributed by atoms with Crippen LogP contribution in [0.15, 0.2) is 36.7 Å². The van der Waals surface area contributed by atoms with E-state index in [1.54, 1.807) is 24.3 Å². The zero-order chi connectivity index (χ0) is 13.0. The minimum absolute atomic E-state index is 0.235. The third-order valence-electron chi connectivity index (χ3n) is 2.29. The summed E-state index contributed by atoms with van der Waals surface area (Å²) in [5.41, 5.74) is 1.21. The molecule has 1 amide bonds. The van der Waals surface area contributed by atoms with Gasteiger partial charge in [0.05, 0.1) is 18.0 Å². The minimum Gasteiger partial charge on any atom is -0.348 e. The van der Waals surface area contributed by atoms with Crippen molar-refractivity contribution >= 4 is 29.1 Å². The maximum absolute atomic E-state index is 11.8. The molecule has 2 aromatic rings. The van der Waals surface area contributed by atoms with Gasteiger partial charge in [-0.15, -0.1) is 0 Å². The highest BCUT2D eigenvalue weighted by atomic mass is 35.5. The quantitative estimate of drug-likeness (QED) is 0.941. The van der Waals surface area contributed by atoms with Gasteiger partial charge in [-0.2, -0.15) is 10.2 Å². The van der Waals surface area contributed by atoms with Gasteiger partial charge in [0, 0.05) is 16.6 Å². The normalized spacial score (nSPS) is 10.1. The number of carbonyl (C=O) groups is 1. The fraction of sp³-hybridized carbons (Fsp3) is 0.0833. The van der Waals surface area contributed by atoms with Crippen LogP contribution in [0.4, 0.5) is 0 Å². The van der Waals surface area contributed by atoms with Crippen LogP contribution in [0.5, 0.6) is 0 Å². The Bertz CT molecular complexity index is 561. The molecule has 0 unspecified atom stereocenters. The number of benzene rings is 1. The van der Waals surface area contributed by atoms with Gasteiger partial charge in [0.15, 0.2) is 0 Å². The van der Waals surface area contributed by atoms with Crippen LogP contribution in [-0.2, 0) is 6.54 Å².